The topological polar surface area (TPSA) is 3.24 Å². The average molecular weight is 470 g/mol. The summed E-state index contributed by atoms with van der Waals surface area (Å²) in [7, 11) is 6.15. The fourth-order valence-corrected chi connectivity index (χ4v) is 6.75. The molecule has 1 nitrogen and oxygen atoms in total. The molecule has 4 rings (SSSR count). The molecule has 0 saturated heterocycles. The number of hydrogen-bond acceptors (Lipinski definition) is 1. The molecule has 0 aliphatic rings. The zero-order valence-electron chi connectivity index (χ0n) is 19.3. The molecule has 0 heterocycles. The molecule has 3 heteroatoms. The quantitative estimate of drug-likeness (QED) is 0.240. The SMILES string of the molecule is CCN(C(CP)(c1ccccc1)c1ccccc1)C(CP)(c1ccccc1)c1ccccc1. The summed E-state index contributed by atoms with van der Waals surface area (Å²) in [6.07, 6.45) is 1.75. The molecule has 0 fully saturated rings. The van der Waals surface area contributed by atoms with Crippen LogP contribution in [0, 0.1) is 0 Å². The molecule has 0 aliphatic carbocycles. The normalized spacial score (nSPS) is 12.1. The van der Waals surface area contributed by atoms with Crippen molar-refractivity contribution in [3.05, 3.63) is 144 Å². The summed E-state index contributed by atoms with van der Waals surface area (Å²) in [5.41, 5.74) is 4.57. The molecule has 168 valence electrons. The highest BCUT2D eigenvalue weighted by Gasteiger charge is 2.49. The van der Waals surface area contributed by atoms with E-state index in [1.807, 2.05) is 0 Å². The summed E-state index contributed by atoms with van der Waals surface area (Å²) < 4.78 is 0. The Morgan fingerprint density at radius 2 is 0.727 bits per heavy atom. The van der Waals surface area contributed by atoms with Crippen LogP contribution in [0.15, 0.2) is 121 Å². The Morgan fingerprint density at radius 3 is 0.909 bits per heavy atom. The van der Waals surface area contributed by atoms with Gasteiger partial charge in [0.15, 0.2) is 0 Å². The van der Waals surface area contributed by atoms with Crippen molar-refractivity contribution in [2.45, 2.75) is 18.0 Å². The third kappa shape index (κ3) is 4.20. The first kappa shape index (κ1) is 23.8. The second-order valence-electron chi connectivity index (χ2n) is 8.34. The van der Waals surface area contributed by atoms with E-state index in [0.29, 0.717) is 0 Å². The fraction of sp³-hybridized carbons (Fsp3) is 0.200. The average Bonchev–Trinajstić information content (AvgIpc) is 2.91. The van der Waals surface area contributed by atoms with E-state index in [2.05, 4.69) is 152 Å². The number of benzene rings is 4. The Kier molecular flexibility index (Phi) is 7.77. The Labute approximate surface area is 203 Å². The second kappa shape index (κ2) is 10.8. The van der Waals surface area contributed by atoms with Crippen LogP contribution in [-0.4, -0.2) is 23.8 Å². The molecule has 0 N–H and O–H groups in total. The van der Waals surface area contributed by atoms with Gasteiger partial charge in [0.1, 0.15) is 0 Å². The zero-order valence-corrected chi connectivity index (χ0v) is 21.6. The van der Waals surface area contributed by atoms with Crippen molar-refractivity contribution in [3.8, 4) is 0 Å². The highest BCUT2D eigenvalue weighted by molar-refractivity contribution is 7.16. The summed E-state index contributed by atoms with van der Waals surface area (Å²) in [6.45, 7) is 3.18. The molecule has 0 aromatic heterocycles. The van der Waals surface area contributed by atoms with Crippen LogP contribution in [0.1, 0.15) is 29.2 Å². The van der Waals surface area contributed by atoms with Gasteiger partial charge in [0.25, 0.3) is 0 Å². The summed E-state index contributed by atoms with van der Waals surface area (Å²) in [4.78, 5) is 2.72. The van der Waals surface area contributed by atoms with Gasteiger partial charge in [-0.05, 0) is 41.1 Å². The first-order valence-corrected chi connectivity index (χ1v) is 13.3. The van der Waals surface area contributed by atoms with Crippen LogP contribution < -0.4 is 0 Å². The summed E-state index contributed by atoms with van der Waals surface area (Å²) in [5.74, 6) is 0. The minimum Gasteiger partial charge on any atom is -0.276 e. The summed E-state index contributed by atoms with van der Waals surface area (Å²) in [6, 6.07) is 44.0. The van der Waals surface area contributed by atoms with Gasteiger partial charge in [-0.3, -0.25) is 4.90 Å². The monoisotopic (exact) mass is 469 g/mol. The minimum absolute atomic E-state index is 0.329. The van der Waals surface area contributed by atoms with Crippen LogP contribution in [0.25, 0.3) is 0 Å². The molecule has 0 aliphatic heterocycles. The van der Waals surface area contributed by atoms with E-state index in [9.17, 15) is 0 Å². The molecule has 0 spiro atoms. The van der Waals surface area contributed by atoms with Gasteiger partial charge >= 0.3 is 0 Å². The molecule has 0 radical (unpaired) electrons. The zero-order chi connectivity index (χ0) is 23.2. The molecule has 4 aromatic rings. The molecule has 0 amide bonds. The highest BCUT2D eigenvalue weighted by atomic mass is 31.0. The van der Waals surface area contributed by atoms with Crippen molar-refractivity contribution in [3.63, 3.8) is 0 Å². The van der Waals surface area contributed by atoms with E-state index in [1.165, 1.54) is 22.3 Å². The second-order valence-corrected chi connectivity index (χ2v) is 9.15. The Balaban J connectivity index is 2.09. The Bertz CT molecular complexity index is 945. The predicted molar refractivity (Wildman–Crippen MR) is 149 cm³/mol. The lowest BCUT2D eigenvalue weighted by atomic mass is 9.74. The van der Waals surface area contributed by atoms with Gasteiger partial charge in [0.05, 0.1) is 11.1 Å². The largest absolute Gasteiger partial charge is 0.276 e. The van der Waals surface area contributed by atoms with Gasteiger partial charge in [0, 0.05) is 0 Å². The van der Waals surface area contributed by atoms with Crippen LogP contribution in [0.5, 0.6) is 0 Å². The number of hydrogen-bond donors (Lipinski definition) is 0. The van der Waals surface area contributed by atoms with Crippen molar-refractivity contribution in [2.75, 3.05) is 18.9 Å². The van der Waals surface area contributed by atoms with Gasteiger partial charge in [0.2, 0.25) is 0 Å². The number of nitrogens with zero attached hydrogens (tertiary/aromatic N) is 1. The first-order chi connectivity index (χ1) is 16.2. The maximum Gasteiger partial charge on any atom is 0.0760 e. The van der Waals surface area contributed by atoms with Crippen molar-refractivity contribution < 1.29 is 0 Å². The third-order valence-electron chi connectivity index (χ3n) is 6.83. The predicted octanol–water partition coefficient (Wildman–Crippen LogP) is 6.95. The van der Waals surface area contributed by atoms with E-state index in [1.54, 1.807) is 0 Å². The van der Waals surface area contributed by atoms with E-state index < -0.39 is 0 Å². The first-order valence-electron chi connectivity index (χ1n) is 11.6. The molecule has 33 heavy (non-hydrogen) atoms. The van der Waals surface area contributed by atoms with Crippen LogP contribution >= 0.6 is 18.5 Å². The van der Waals surface area contributed by atoms with E-state index in [-0.39, 0.29) is 11.1 Å². The Hall–Kier alpha value is -2.30. The van der Waals surface area contributed by atoms with Crippen molar-refractivity contribution in [2.24, 2.45) is 0 Å². The maximum atomic E-state index is 3.07. The van der Waals surface area contributed by atoms with E-state index in [4.69, 9.17) is 0 Å². The molecule has 0 saturated carbocycles. The molecule has 0 bridgehead atoms. The lowest BCUT2D eigenvalue weighted by Crippen LogP contribution is -2.60. The molecule has 4 aromatic carbocycles. The highest BCUT2D eigenvalue weighted by Crippen LogP contribution is 2.48. The lowest BCUT2D eigenvalue weighted by Gasteiger charge is -2.55. The maximum absolute atomic E-state index is 3.07. The van der Waals surface area contributed by atoms with Gasteiger partial charge in [-0.25, -0.2) is 0 Å². The van der Waals surface area contributed by atoms with Crippen LogP contribution in [0.2, 0.25) is 0 Å². The molecular weight excluding hydrogens is 436 g/mol. The van der Waals surface area contributed by atoms with Crippen LogP contribution in [0.3, 0.4) is 0 Å². The van der Waals surface area contributed by atoms with Gasteiger partial charge in [-0.2, -0.15) is 0 Å². The standard InChI is InChI=1S/C30H33NP2/c1-2-31(29(23-32,25-15-7-3-8-16-25)26-17-9-4-10-18-26)30(24-33,27-19-11-5-12-20-27)28-21-13-6-14-22-28/h3-22H,2,23-24,32-33H2,1H3. The fourth-order valence-electron chi connectivity index (χ4n) is 5.37. The summed E-state index contributed by atoms with van der Waals surface area (Å²) >= 11 is 0. The van der Waals surface area contributed by atoms with Gasteiger partial charge in [-0.15, -0.1) is 18.5 Å². The number of rotatable bonds is 9. The van der Waals surface area contributed by atoms with Crippen LogP contribution in [-0.2, 0) is 11.1 Å². The van der Waals surface area contributed by atoms with Crippen molar-refractivity contribution >= 4 is 18.5 Å². The van der Waals surface area contributed by atoms with Crippen LogP contribution in [0.4, 0.5) is 0 Å². The lowest BCUT2D eigenvalue weighted by molar-refractivity contribution is 0.0499. The summed E-state index contributed by atoms with van der Waals surface area (Å²) in [5, 5.41) is 0. The van der Waals surface area contributed by atoms with Gasteiger partial charge in [-0.1, -0.05) is 128 Å². The third-order valence-corrected chi connectivity index (χ3v) is 8.02. The molecule has 2 atom stereocenters. The molecule has 2 unspecified atom stereocenters. The van der Waals surface area contributed by atoms with Crippen molar-refractivity contribution in [1.82, 2.24) is 4.90 Å². The van der Waals surface area contributed by atoms with E-state index in [0.717, 1.165) is 18.9 Å². The Morgan fingerprint density at radius 1 is 0.485 bits per heavy atom. The molecular formula is C30H33NP2. The minimum atomic E-state index is -0.329. The smallest absolute Gasteiger partial charge is 0.0760 e. The van der Waals surface area contributed by atoms with Gasteiger partial charge < -0.3 is 0 Å². The van der Waals surface area contributed by atoms with Crippen molar-refractivity contribution in [1.29, 1.82) is 0 Å². The van der Waals surface area contributed by atoms with E-state index >= 15 is 0 Å².